The Bertz CT molecular complexity index is 200. The van der Waals surface area contributed by atoms with Crippen molar-refractivity contribution in [2.75, 3.05) is 6.61 Å². The van der Waals surface area contributed by atoms with Gasteiger partial charge >= 0.3 is 0 Å². The Balaban J connectivity index is 2.65. The summed E-state index contributed by atoms with van der Waals surface area (Å²) in [6.07, 6.45) is 4.09. The quantitative estimate of drug-likeness (QED) is 0.606. The molecule has 1 unspecified atom stereocenters. The van der Waals surface area contributed by atoms with Crippen LogP contribution in [0.3, 0.4) is 0 Å². The van der Waals surface area contributed by atoms with E-state index in [1.54, 1.807) is 0 Å². The SMILES string of the molecule is NC(=O)C1(CC(O)CO)CCCCC1. The van der Waals surface area contributed by atoms with Gasteiger partial charge in [0.15, 0.2) is 0 Å². The van der Waals surface area contributed by atoms with Crippen molar-refractivity contribution < 1.29 is 15.0 Å². The molecule has 4 nitrogen and oxygen atoms in total. The summed E-state index contributed by atoms with van der Waals surface area (Å²) in [7, 11) is 0. The minimum absolute atomic E-state index is 0.297. The second kappa shape index (κ2) is 4.75. The normalized spacial score (nSPS) is 23.0. The van der Waals surface area contributed by atoms with Crippen molar-refractivity contribution in [1.29, 1.82) is 0 Å². The van der Waals surface area contributed by atoms with Crippen LogP contribution in [0.25, 0.3) is 0 Å². The topological polar surface area (TPSA) is 83.6 Å². The van der Waals surface area contributed by atoms with Gasteiger partial charge in [-0.15, -0.1) is 0 Å². The van der Waals surface area contributed by atoms with Crippen LogP contribution in [0.4, 0.5) is 0 Å². The molecule has 0 aromatic carbocycles. The summed E-state index contributed by atoms with van der Waals surface area (Å²) in [6.45, 7) is -0.297. The van der Waals surface area contributed by atoms with Crippen LogP contribution in [0.5, 0.6) is 0 Å². The third-order valence-corrected chi connectivity index (χ3v) is 3.17. The highest BCUT2D eigenvalue weighted by molar-refractivity contribution is 5.80. The number of primary amides is 1. The third-order valence-electron chi connectivity index (χ3n) is 3.17. The molecule has 0 aromatic rings. The molecular weight excluding hydrogens is 182 g/mol. The van der Waals surface area contributed by atoms with Crippen LogP contribution < -0.4 is 5.73 Å². The highest BCUT2D eigenvalue weighted by Gasteiger charge is 2.39. The largest absolute Gasteiger partial charge is 0.394 e. The van der Waals surface area contributed by atoms with Crippen molar-refractivity contribution in [3.8, 4) is 0 Å². The predicted octanol–water partition coefficient (Wildman–Crippen LogP) is 0.165. The predicted molar refractivity (Wildman–Crippen MR) is 52.4 cm³/mol. The van der Waals surface area contributed by atoms with Crippen molar-refractivity contribution in [3.63, 3.8) is 0 Å². The van der Waals surface area contributed by atoms with Crippen LogP contribution in [0.2, 0.25) is 0 Å². The van der Waals surface area contributed by atoms with Crippen LogP contribution >= 0.6 is 0 Å². The summed E-state index contributed by atoms with van der Waals surface area (Å²) in [6, 6.07) is 0. The van der Waals surface area contributed by atoms with Crippen molar-refractivity contribution in [2.24, 2.45) is 11.1 Å². The van der Waals surface area contributed by atoms with Crippen LogP contribution in [-0.2, 0) is 4.79 Å². The molecule has 1 fully saturated rings. The van der Waals surface area contributed by atoms with E-state index in [-0.39, 0.29) is 12.5 Å². The molecule has 0 radical (unpaired) electrons. The zero-order valence-electron chi connectivity index (χ0n) is 8.41. The van der Waals surface area contributed by atoms with E-state index in [9.17, 15) is 9.90 Å². The Morgan fingerprint density at radius 3 is 2.36 bits per heavy atom. The van der Waals surface area contributed by atoms with E-state index in [1.807, 2.05) is 0 Å². The summed E-state index contributed by atoms with van der Waals surface area (Å²) in [4.78, 5) is 11.4. The lowest BCUT2D eigenvalue weighted by Gasteiger charge is -2.35. The Hall–Kier alpha value is -0.610. The van der Waals surface area contributed by atoms with E-state index < -0.39 is 11.5 Å². The van der Waals surface area contributed by atoms with Gasteiger partial charge in [-0.3, -0.25) is 4.79 Å². The number of carbonyl (C=O) groups excluding carboxylic acids is 1. The maximum Gasteiger partial charge on any atom is 0.223 e. The number of hydrogen-bond acceptors (Lipinski definition) is 3. The molecule has 1 amide bonds. The lowest BCUT2D eigenvalue weighted by molar-refractivity contribution is -0.132. The van der Waals surface area contributed by atoms with E-state index >= 15 is 0 Å². The lowest BCUT2D eigenvalue weighted by Crippen LogP contribution is -2.42. The first kappa shape index (κ1) is 11.5. The maximum atomic E-state index is 11.4. The molecule has 1 rings (SSSR count). The lowest BCUT2D eigenvalue weighted by atomic mass is 9.70. The fourth-order valence-electron chi connectivity index (χ4n) is 2.30. The summed E-state index contributed by atoms with van der Waals surface area (Å²) < 4.78 is 0. The van der Waals surface area contributed by atoms with Gasteiger partial charge < -0.3 is 15.9 Å². The second-order valence-corrected chi connectivity index (χ2v) is 4.25. The van der Waals surface area contributed by atoms with E-state index in [2.05, 4.69) is 0 Å². The maximum absolute atomic E-state index is 11.4. The molecule has 0 aliphatic heterocycles. The number of rotatable bonds is 4. The van der Waals surface area contributed by atoms with Crippen molar-refractivity contribution in [3.05, 3.63) is 0 Å². The number of carbonyl (C=O) groups is 1. The Morgan fingerprint density at radius 1 is 1.36 bits per heavy atom. The molecule has 0 bridgehead atoms. The standard InChI is InChI=1S/C10H19NO3/c11-9(14)10(6-8(13)7-12)4-2-1-3-5-10/h8,12-13H,1-7H2,(H2,11,14). The molecule has 0 spiro atoms. The number of aliphatic hydroxyl groups excluding tert-OH is 2. The van der Waals surface area contributed by atoms with E-state index in [0.29, 0.717) is 6.42 Å². The number of nitrogens with two attached hydrogens (primary N) is 1. The minimum atomic E-state index is -0.819. The Morgan fingerprint density at radius 2 is 1.93 bits per heavy atom. The van der Waals surface area contributed by atoms with Gasteiger partial charge in [-0.25, -0.2) is 0 Å². The van der Waals surface area contributed by atoms with E-state index in [0.717, 1.165) is 32.1 Å². The van der Waals surface area contributed by atoms with Gasteiger partial charge in [-0.05, 0) is 19.3 Å². The fraction of sp³-hybridized carbons (Fsp3) is 0.900. The summed E-state index contributed by atoms with van der Waals surface area (Å²) in [5.74, 6) is -0.329. The molecule has 1 saturated carbocycles. The van der Waals surface area contributed by atoms with Gasteiger partial charge in [0.2, 0.25) is 5.91 Å². The van der Waals surface area contributed by atoms with Crippen molar-refractivity contribution in [1.82, 2.24) is 0 Å². The number of amides is 1. The van der Waals surface area contributed by atoms with Gasteiger partial charge in [0.05, 0.1) is 18.1 Å². The zero-order chi connectivity index (χ0) is 10.6. The average Bonchev–Trinajstić information content (AvgIpc) is 2.19. The summed E-state index contributed by atoms with van der Waals surface area (Å²) in [5.41, 5.74) is 4.80. The first-order valence-electron chi connectivity index (χ1n) is 5.19. The van der Waals surface area contributed by atoms with Crippen molar-refractivity contribution in [2.45, 2.75) is 44.6 Å². The molecular formula is C10H19NO3. The first-order valence-corrected chi connectivity index (χ1v) is 5.19. The minimum Gasteiger partial charge on any atom is -0.394 e. The molecule has 82 valence electrons. The summed E-state index contributed by atoms with van der Waals surface area (Å²) >= 11 is 0. The highest BCUT2D eigenvalue weighted by atomic mass is 16.3. The molecule has 14 heavy (non-hydrogen) atoms. The average molecular weight is 201 g/mol. The smallest absolute Gasteiger partial charge is 0.223 e. The van der Waals surface area contributed by atoms with Crippen LogP contribution in [-0.4, -0.2) is 28.8 Å². The Labute approximate surface area is 84.1 Å². The Kier molecular flexibility index (Phi) is 3.89. The molecule has 1 aliphatic carbocycles. The first-order chi connectivity index (χ1) is 6.60. The molecule has 4 N–H and O–H groups in total. The number of hydrogen-bond donors (Lipinski definition) is 3. The molecule has 4 heteroatoms. The van der Waals surface area contributed by atoms with Gasteiger partial charge in [0, 0.05) is 0 Å². The van der Waals surface area contributed by atoms with Gasteiger partial charge in [-0.1, -0.05) is 19.3 Å². The molecule has 0 aromatic heterocycles. The van der Waals surface area contributed by atoms with E-state index in [4.69, 9.17) is 10.8 Å². The van der Waals surface area contributed by atoms with Crippen molar-refractivity contribution >= 4 is 5.91 Å². The van der Waals surface area contributed by atoms with E-state index in [1.165, 1.54) is 0 Å². The highest BCUT2D eigenvalue weighted by Crippen LogP contribution is 2.39. The molecule has 0 heterocycles. The van der Waals surface area contributed by atoms with Gasteiger partial charge in [-0.2, -0.15) is 0 Å². The zero-order valence-corrected chi connectivity index (χ0v) is 8.41. The monoisotopic (exact) mass is 201 g/mol. The van der Waals surface area contributed by atoms with Gasteiger partial charge in [0.25, 0.3) is 0 Å². The van der Waals surface area contributed by atoms with Crippen LogP contribution in [0.15, 0.2) is 0 Å². The van der Waals surface area contributed by atoms with Gasteiger partial charge in [0.1, 0.15) is 0 Å². The number of aliphatic hydroxyl groups is 2. The molecule has 0 saturated heterocycles. The second-order valence-electron chi connectivity index (χ2n) is 4.25. The fourth-order valence-corrected chi connectivity index (χ4v) is 2.30. The van der Waals surface area contributed by atoms with Crippen LogP contribution in [0, 0.1) is 5.41 Å². The van der Waals surface area contributed by atoms with Crippen LogP contribution in [0.1, 0.15) is 38.5 Å². The molecule has 1 atom stereocenters. The molecule has 1 aliphatic rings. The summed E-state index contributed by atoms with van der Waals surface area (Å²) in [5, 5.41) is 18.1. The third kappa shape index (κ3) is 2.45.